The van der Waals surface area contributed by atoms with Gasteiger partial charge in [-0.1, -0.05) is 24.8 Å². The number of carbonyl (C=O) groups excluding carboxylic acids is 3. The number of amides is 3. The molecule has 4 aromatic rings. The van der Waals surface area contributed by atoms with Crippen molar-refractivity contribution in [3.8, 4) is 11.5 Å². The fourth-order valence-corrected chi connectivity index (χ4v) is 6.62. The van der Waals surface area contributed by atoms with Gasteiger partial charge in [0.25, 0.3) is 5.91 Å². The van der Waals surface area contributed by atoms with Crippen LogP contribution in [0.5, 0.6) is 11.5 Å². The molecule has 0 radical (unpaired) electrons. The van der Waals surface area contributed by atoms with Gasteiger partial charge in [0.15, 0.2) is 5.78 Å². The van der Waals surface area contributed by atoms with E-state index in [1.165, 1.54) is 17.4 Å². The summed E-state index contributed by atoms with van der Waals surface area (Å²) in [6.45, 7) is 5.50. The number of benzene rings is 2. The van der Waals surface area contributed by atoms with Gasteiger partial charge in [-0.05, 0) is 67.8 Å². The summed E-state index contributed by atoms with van der Waals surface area (Å²) in [5.41, 5.74) is 2.59. The first-order chi connectivity index (χ1) is 19.9. The third-order valence-electron chi connectivity index (χ3n) is 7.57. The Morgan fingerprint density at radius 1 is 1.09 bits per heavy atom. The number of hydrogen-bond donors (Lipinski definition) is 2. The zero-order valence-corrected chi connectivity index (χ0v) is 26.4. The molecule has 2 aliphatic rings. The van der Waals surface area contributed by atoms with Gasteiger partial charge in [0, 0.05) is 19.2 Å². The summed E-state index contributed by atoms with van der Waals surface area (Å²) < 4.78 is 11.5. The van der Waals surface area contributed by atoms with Crippen LogP contribution in [-0.4, -0.2) is 42.0 Å². The minimum Gasteiger partial charge on any atom is -0.457 e. The molecule has 2 aromatic carbocycles. The predicted octanol–water partition coefficient (Wildman–Crippen LogP) is 6.58. The SMILES string of the molecule is C=CC(=O)C1C[C@H](NC(=O)c2sc3nccc4c3c2NC(=O)N4c2ccc(Oc3ccccc3)cc2C)[C@@H](OC)C1.S.S. The average Bonchev–Trinajstić information content (AvgIpc) is 3.56. The quantitative estimate of drug-likeness (QED) is 0.211. The summed E-state index contributed by atoms with van der Waals surface area (Å²) in [4.78, 5) is 46.4. The van der Waals surface area contributed by atoms with Crippen LogP contribution in [0.15, 0.2) is 73.4 Å². The van der Waals surface area contributed by atoms with Crippen molar-refractivity contribution in [3.63, 3.8) is 0 Å². The van der Waals surface area contributed by atoms with Crippen molar-refractivity contribution in [3.05, 3.63) is 83.9 Å². The normalized spacial score (nSPS) is 18.7. The van der Waals surface area contributed by atoms with Gasteiger partial charge in [-0.3, -0.25) is 14.5 Å². The van der Waals surface area contributed by atoms with Crippen LogP contribution in [0.25, 0.3) is 10.2 Å². The molecule has 1 saturated carbocycles. The Hall–Kier alpha value is -3.84. The van der Waals surface area contributed by atoms with Crippen LogP contribution in [0.4, 0.5) is 21.9 Å². The second kappa shape index (κ2) is 13.2. The number of carbonyl (C=O) groups is 3. The fourth-order valence-electron chi connectivity index (χ4n) is 5.59. The molecule has 6 rings (SSSR count). The second-order valence-electron chi connectivity index (χ2n) is 10.1. The first-order valence-electron chi connectivity index (χ1n) is 13.2. The van der Waals surface area contributed by atoms with Crippen molar-refractivity contribution < 1.29 is 23.9 Å². The first-order valence-corrected chi connectivity index (χ1v) is 14.1. The second-order valence-corrected chi connectivity index (χ2v) is 11.1. The van der Waals surface area contributed by atoms with Crippen molar-refractivity contribution in [1.29, 1.82) is 0 Å². The third-order valence-corrected chi connectivity index (χ3v) is 8.66. The van der Waals surface area contributed by atoms with Crippen molar-refractivity contribution >= 4 is 83.3 Å². The minimum absolute atomic E-state index is 0. The molecule has 0 spiro atoms. The molecule has 0 saturated heterocycles. The molecule has 9 nitrogen and oxygen atoms in total. The standard InChI is InChI=1S/C31H28N4O5S.2H2S/c1-4-24(36)18-15-21(25(16-18)39-3)33-29(37)28-27-26-23(12-13-32-30(26)41-28)35(31(38)34-27)22-11-10-20(14-17(22)2)40-19-8-6-5-7-9-19;;/h4-14,18,21,25H,1,15-16H2,2-3H3,(H,33,37)(H,34,38);2*1H2/t18?,21-,25-;;/m0../s1. The summed E-state index contributed by atoms with van der Waals surface area (Å²) in [7, 11) is 1.57. The fraction of sp³-hybridized carbons (Fsp3) is 0.226. The van der Waals surface area contributed by atoms with Crippen molar-refractivity contribution in [2.24, 2.45) is 5.92 Å². The number of nitrogens with one attached hydrogen (secondary N) is 2. The highest BCUT2D eigenvalue weighted by Crippen LogP contribution is 2.46. The topological polar surface area (TPSA) is 110 Å². The zero-order valence-electron chi connectivity index (χ0n) is 23.5. The Kier molecular flexibility index (Phi) is 9.86. The van der Waals surface area contributed by atoms with E-state index in [9.17, 15) is 14.4 Å². The van der Waals surface area contributed by atoms with Gasteiger partial charge in [-0.15, -0.1) is 11.3 Å². The first kappa shape index (κ1) is 32.1. The number of ketones is 1. The highest BCUT2D eigenvalue weighted by molar-refractivity contribution is 7.59. The van der Waals surface area contributed by atoms with Crippen molar-refractivity contribution in [1.82, 2.24) is 10.3 Å². The highest BCUT2D eigenvalue weighted by atomic mass is 32.1. The van der Waals surface area contributed by atoms with Crippen LogP contribution in [0.1, 0.15) is 28.1 Å². The van der Waals surface area contributed by atoms with Gasteiger partial charge in [-0.2, -0.15) is 27.0 Å². The number of methoxy groups -OCH3 is 1. The Balaban J connectivity index is 0.00000212. The van der Waals surface area contributed by atoms with E-state index >= 15 is 0 Å². The van der Waals surface area contributed by atoms with E-state index in [1.54, 1.807) is 24.3 Å². The summed E-state index contributed by atoms with van der Waals surface area (Å²) in [5, 5.41) is 6.66. The van der Waals surface area contributed by atoms with Gasteiger partial charge >= 0.3 is 6.03 Å². The number of urea groups is 1. The molecule has 12 heteroatoms. The van der Waals surface area contributed by atoms with E-state index in [0.717, 1.165) is 11.3 Å². The van der Waals surface area contributed by atoms with Crippen LogP contribution in [0, 0.1) is 12.8 Å². The zero-order chi connectivity index (χ0) is 28.7. The van der Waals surface area contributed by atoms with E-state index in [-0.39, 0.29) is 62.8 Å². The van der Waals surface area contributed by atoms with Crippen molar-refractivity contribution in [2.75, 3.05) is 17.3 Å². The lowest BCUT2D eigenvalue weighted by atomic mass is 10.0. The number of aryl methyl sites for hydroxylation is 1. The van der Waals surface area contributed by atoms with Gasteiger partial charge in [-0.25, -0.2) is 9.78 Å². The molecule has 3 atom stereocenters. The number of anilines is 3. The van der Waals surface area contributed by atoms with Crippen LogP contribution in [0.2, 0.25) is 0 Å². The molecule has 3 amide bonds. The maximum absolute atomic E-state index is 13.6. The lowest BCUT2D eigenvalue weighted by Gasteiger charge is -2.29. The number of rotatable bonds is 8. The lowest BCUT2D eigenvalue weighted by molar-refractivity contribution is -0.118. The molecule has 0 bridgehead atoms. The Bertz CT molecular complexity index is 1690. The summed E-state index contributed by atoms with van der Waals surface area (Å²) >= 11 is 1.21. The number of nitrogens with zero attached hydrogens (tertiary/aromatic N) is 2. The van der Waals surface area contributed by atoms with Gasteiger partial charge in [0.2, 0.25) is 0 Å². The molecule has 2 aromatic heterocycles. The maximum atomic E-state index is 13.6. The smallest absolute Gasteiger partial charge is 0.331 e. The summed E-state index contributed by atoms with van der Waals surface area (Å²) in [5.74, 6) is 0.718. The predicted molar refractivity (Wildman–Crippen MR) is 179 cm³/mol. The number of pyridine rings is 1. The number of ether oxygens (including phenoxy) is 2. The third kappa shape index (κ3) is 6.00. The molecular formula is C31H32N4O5S3. The number of allylic oxidation sites excluding steroid dienone is 1. The number of thiophene rings is 1. The molecule has 3 heterocycles. The van der Waals surface area contributed by atoms with E-state index in [4.69, 9.17) is 9.47 Å². The Morgan fingerprint density at radius 2 is 1.86 bits per heavy atom. The average molecular weight is 637 g/mol. The molecule has 2 N–H and O–H groups in total. The van der Waals surface area contributed by atoms with E-state index in [0.29, 0.717) is 50.7 Å². The number of para-hydroxylation sites is 1. The van der Waals surface area contributed by atoms with E-state index in [2.05, 4.69) is 22.2 Å². The molecular weight excluding hydrogens is 605 g/mol. The highest BCUT2D eigenvalue weighted by Gasteiger charge is 2.39. The Morgan fingerprint density at radius 3 is 2.56 bits per heavy atom. The van der Waals surface area contributed by atoms with Crippen LogP contribution in [-0.2, 0) is 9.53 Å². The number of aromatic nitrogens is 1. The maximum Gasteiger partial charge on any atom is 0.331 e. The van der Waals surface area contributed by atoms with Gasteiger partial charge in [0.1, 0.15) is 21.2 Å². The summed E-state index contributed by atoms with van der Waals surface area (Å²) in [6, 6.07) is 16.1. The molecule has 1 unspecified atom stereocenters. The molecule has 1 aliphatic carbocycles. The largest absolute Gasteiger partial charge is 0.457 e. The Labute approximate surface area is 267 Å². The van der Waals surface area contributed by atoms with Crippen LogP contribution < -0.4 is 20.3 Å². The van der Waals surface area contributed by atoms with Gasteiger partial charge in [0.05, 0.1) is 34.6 Å². The van der Waals surface area contributed by atoms with Gasteiger partial charge < -0.3 is 20.1 Å². The van der Waals surface area contributed by atoms with Crippen LogP contribution >= 0.6 is 38.3 Å². The minimum atomic E-state index is -0.385. The lowest BCUT2D eigenvalue weighted by Crippen LogP contribution is -2.41. The van der Waals surface area contributed by atoms with Crippen molar-refractivity contribution in [2.45, 2.75) is 31.9 Å². The van der Waals surface area contributed by atoms with E-state index < -0.39 is 0 Å². The molecule has 1 aliphatic heterocycles. The number of hydrogen-bond acceptors (Lipinski definition) is 7. The molecule has 224 valence electrons. The van der Waals surface area contributed by atoms with Crippen LogP contribution in [0.3, 0.4) is 0 Å². The molecule has 43 heavy (non-hydrogen) atoms. The monoisotopic (exact) mass is 636 g/mol. The summed E-state index contributed by atoms with van der Waals surface area (Å²) in [6.07, 6.45) is 3.63. The van der Waals surface area contributed by atoms with E-state index in [1.807, 2.05) is 55.5 Å². The molecule has 1 fully saturated rings.